The fourth-order valence-electron chi connectivity index (χ4n) is 1.71. The Kier molecular flexibility index (Phi) is 4.66. The van der Waals surface area contributed by atoms with E-state index in [2.05, 4.69) is 9.97 Å². The van der Waals surface area contributed by atoms with E-state index in [1.165, 1.54) is 19.2 Å². The summed E-state index contributed by atoms with van der Waals surface area (Å²) in [6.45, 7) is 1.79. The maximum Gasteiger partial charge on any atom is 0.276 e. The van der Waals surface area contributed by atoms with Gasteiger partial charge >= 0.3 is 0 Å². The lowest BCUT2D eigenvalue weighted by Gasteiger charge is -2.09. The van der Waals surface area contributed by atoms with E-state index in [-0.39, 0.29) is 23.3 Å². The number of aromatic nitrogens is 2. The molecule has 0 fully saturated rings. The van der Waals surface area contributed by atoms with Gasteiger partial charge in [0.25, 0.3) is 5.69 Å². The van der Waals surface area contributed by atoms with Crippen LogP contribution >= 0.6 is 11.6 Å². The first kappa shape index (κ1) is 15.1. The van der Waals surface area contributed by atoms with E-state index in [9.17, 15) is 10.1 Å². The van der Waals surface area contributed by atoms with Crippen molar-refractivity contribution in [3.63, 3.8) is 0 Å². The number of halogens is 1. The van der Waals surface area contributed by atoms with Crippen molar-refractivity contribution in [2.75, 3.05) is 7.11 Å². The first-order chi connectivity index (χ1) is 10.0. The van der Waals surface area contributed by atoms with Gasteiger partial charge in [-0.1, -0.05) is 17.7 Å². The van der Waals surface area contributed by atoms with E-state index in [1.807, 2.05) is 0 Å². The Morgan fingerprint density at radius 2 is 2.14 bits per heavy atom. The van der Waals surface area contributed by atoms with Crippen LogP contribution in [0.4, 0.5) is 5.69 Å². The van der Waals surface area contributed by atoms with Gasteiger partial charge < -0.3 is 9.47 Å². The molecule has 2 rings (SSSR count). The number of ether oxygens (including phenoxy) is 2. The molecule has 0 aliphatic rings. The van der Waals surface area contributed by atoms with Gasteiger partial charge in [0, 0.05) is 19.2 Å². The molecule has 0 saturated carbocycles. The second-order valence-electron chi connectivity index (χ2n) is 4.14. The SMILES string of the molecule is COCc1nc(Cl)cc(Oc2cccc([N+](=O)[O-])c2C)n1. The van der Waals surface area contributed by atoms with Crippen LogP contribution in [0.25, 0.3) is 0 Å². The molecular weight excluding hydrogens is 298 g/mol. The number of nitrogens with zero attached hydrogens (tertiary/aromatic N) is 3. The van der Waals surface area contributed by atoms with Crippen molar-refractivity contribution in [3.8, 4) is 11.6 Å². The molecule has 110 valence electrons. The molecule has 0 amide bonds. The molecule has 21 heavy (non-hydrogen) atoms. The molecule has 0 unspecified atom stereocenters. The summed E-state index contributed by atoms with van der Waals surface area (Å²) < 4.78 is 10.5. The Hall–Kier alpha value is -2.25. The predicted octanol–water partition coefficient (Wildman–Crippen LogP) is 3.29. The highest BCUT2D eigenvalue weighted by Gasteiger charge is 2.15. The third-order valence-corrected chi connectivity index (χ3v) is 2.85. The normalized spacial score (nSPS) is 10.4. The minimum absolute atomic E-state index is 0.0234. The molecule has 8 heteroatoms. The van der Waals surface area contributed by atoms with Crippen molar-refractivity contribution in [2.45, 2.75) is 13.5 Å². The highest BCUT2D eigenvalue weighted by atomic mass is 35.5. The Morgan fingerprint density at radius 1 is 1.38 bits per heavy atom. The maximum atomic E-state index is 10.9. The van der Waals surface area contributed by atoms with Crippen LogP contribution in [0.1, 0.15) is 11.4 Å². The molecule has 1 aromatic carbocycles. The Morgan fingerprint density at radius 3 is 2.81 bits per heavy atom. The molecule has 7 nitrogen and oxygen atoms in total. The first-order valence-corrected chi connectivity index (χ1v) is 6.33. The zero-order valence-electron chi connectivity index (χ0n) is 11.4. The molecular formula is C13H12ClN3O4. The van der Waals surface area contributed by atoms with E-state index >= 15 is 0 Å². The smallest absolute Gasteiger partial charge is 0.276 e. The largest absolute Gasteiger partial charge is 0.438 e. The summed E-state index contributed by atoms with van der Waals surface area (Å²) in [6.07, 6.45) is 0. The van der Waals surface area contributed by atoms with E-state index in [4.69, 9.17) is 21.1 Å². The van der Waals surface area contributed by atoms with Gasteiger partial charge in [-0.2, -0.15) is 4.98 Å². The highest BCUT2D eigenvalue weighted by molar-refractivity contribution is 6.29. The summed E-state index contributed by atoms with van der Waals surface area (Å²) in [5.74, 6) is 0.899. The van der Waals surface area contributed by atoms with Gasteiger partial charge in [0.1, 0.15) is 17.5 Å². The van der Waals surface area contributed by atoms with E-state index in [0.29, 0.717) is 17.1 Å². The quantitative estimate of drug-likeness (QED) is 0.478. The van der Waals surface area contributed by atoms with Crippen LogP contribution in [0.15, 0.2) is 24.3 Å². The molecule has 0 aliphatic heterocycles. The fraction of sp³-hybridized carbons (Fsp3) is 0.231. The number of nitro groups is 1. The lowest BCUT2D eigenvalue weighted by Crippen LogP contribution is -2.00. The average molecular weight is 310 g/mol. The maximum absolute atomic E-state index is 10.9. The van der Waals surface area contributed by atoms with Gasteiger partial charge in [-0.15, -0.1) is 0 Å². The Bertz CT molecular complexity index is 678. The number of rotatable bonds is 5. The van der Waals surface area contributed by atoms with Crippen molar-refractivity contribution >= 4 is 17.3 Å². The molecule has 2 aromatic rings. The Balaban J connectivity index is 2.34. The minimum atomic E-state index is -0.467. The molecule has 1 heterocycles. The third kappa shape index (κ3) is 3.65. The molecule has 1 aromatic heterocycles. The summed E-state index contributed by atoms with van der Waals surface area (Å²) in [7, 11) is 1.51. The summed E-state index contributed by atoms with van der Waals surface area (Å²) in [4.78, 5) is 18.5. The van der Waals surface area contributed by atoms with Gasteiger partial charge in [0.05, 0.1) is 10.5 Å². The van der Waals surface area contributed by atoms with Crippen molar-refractivity contribution in [3.05, 3.63) is 50.9 Å². The summed E-state index contributed by atoms with van der Waals surface area (Å²) in [6, 6.07) is 6.00. The van der Waals surface area contributed by atoms with Crippen LogP contribution in [0, 0.1) is 17.0 Å². The Labute approximate surface area is 125 Å². The van der Waals surface area contributed by atoms with Crippen LogP contribution in [-0.4, -0.2) is 22.0 Å². The van der Waals surface area contributed by atoms with Gasteiger partial charge in [-0.3, -0.25) is 10.1 Å². The third-order valence-electron chi connectivity index (χ3n) is 2.66. The number of hydrogen-bond donors (Lipinski definition) is 0. The van der Waals surface area contributed by atoms with E-state index in [0.717, 1.165) is 0 Å². The second-order valence-corrected chi connectivity index (χ2v) is 4.52. The average Bonchev–Trinajstić information content (AvgIpc) is 2.40. The molecule has 0 atom stereocenters. The molecule has 0 N–H and O–H groups in total. The van der Waals surface area contributed by atoms with Crippen molar-refractivity contribution in [1.82, 2.24) is 9.97 Å². The summed E-state index contributed by atoms with van der Waals surface area (Å²) in [5, 5.41) is 11.1. The first-order valence-electron chi connectivity index (χ1n) is 5.95. The van der Waals surface area contributed by atoms with Gasteiger partial charge in [-0.25, -0.2) is 4.98 Å². The molecule has 0 radical (unpaired) electrons. The van der Waals surface area contributed by atoms with Crippen molar-refractivity contribution in [1.29, 1.82) is 0 Å². The monoisotopic (exact) mass is 309 g/mol. The number of benzene rings is 1. The van der Waals surface area contributed by atoms with Gasteiger partial charge in [-0.05, 0) is 13.0 Å². The lowest BCUT2D eigenvalue weighted by atomic mass is 10.2. The second kappa shape index (κ2) is 6.47. The number of nitro benzene ring substituents is 1. The van der Waals surface area contributed by atoms with Crippen LogP contribution in [0.5, 0.6) is 11.6 Å². The van der Waals surface area contributed by atoms with Crippen molar-refractivity contribution < 1.29 is 14.4 Å². The van der Waals surface area contributed by atoms with Crippen LogP contribution in [0.3, 0.4) is 0 Å². The van der Waals surface area contributed by atoms with E-state index in [1.54, 1.807) is 19.1 Å². The summed E-state index contributed by atoms with van der Waals surface area (Å²) >= 11 is 5.88. The topological polar surface area (TPSA) is 87.4 Å². The fourth-order valence-corrected chi connectivity index (χ4v) is 1.90. The predicted molar refractivity (Wildman–Crippen MR) is 75.7 cm³/mol. The lowest BCUT2D eigenvalue weighted by molar-refractivity contribution is -0.385. The standard InChI is InChI=1S/C13H12ClN3O4/c1-8-9(17(18)19)4-3-5-10(8)21-13-6-11(14)15-12(16-13)7-20-2/h3-6H,7H2,1-2H3. The number of hydrogen-bond acceptors (Lipinski definition) is 6. The van der Waals surface area contributed by atoms with Crippen LogP contribution in [0.2, 0.25) is 5.15 Å². The highest BCUT2D eigenvalue weighted by Crippen LogP contribution is 2.30. The molecule has 0 saturated heterocycles. The molecule has 0 bridgehead atoms. The zero-order chi connectivity index (χ0) is 15.4. The van der Waals surface area contributed by atoms with Crippen LogP contribution < -0.4 is 4.74 Å². The minimum Gasteiger partial charge on any atom is -0.438 e. The van der Waals surface area contributed by atoms with Crippen LogP contribution in [-0.2, 0) is 11.3 Å². The van der Waals surface area contributed by atoms with Gasteiger partial charge in [0.15, 0.2) is 5.82 Å². The summed E-state index contributed by atoms with van der Waals surface area (Å²) in [5.41, 5.74) is 0.385. The van der Waals surface area contributed by atoms with E-state index < -0.39 is 4.92 Å². The molecule has 0 spiro atoms. The number of methoxy groups -OCH3 is 1. The van der Waals surface area contributed by atoms with Gasteiger partial charge in [0.2, 0.25) is 5.88 Å². The molecule has 0 aliphatic carbocycles. The van der Waals surface area contributed by atoms with Crippen molar-refractivity contribution in [2.24, 2.45) is 0 Å². The zero-order valence-corrected chi connectivity index (χ0v) is 12.1.